The third kappa shape index (κ3) is 4.63. The van der Waals surface area contributed by atoms with Crippen LogP contribution < -0.4 is 10.6 Å². The lowest BCUT2D eigenvalue weighted by molar-refractivity contribution is -0.131. The van der Waals surface area contributed by atoms with Crippen LogP contribution in [0.4, 0.5) is 5.69 Å². The minimum atomic E-state index is -0.597. The fourth-order valence-corrected chi connectivity index (χ4v) is 2.44. The Hall–Kier alpha value is -2.21. The molecule has 1 heterocycles. The zero-order chi connectivity index (χ0) is 17.0. The molecule has 0 aliphatic rings. The Morgan fingerprint density at radius 3 is 2.35 bits per heavy atom. The molecule has 0 radical (unpaired) electrons. The summed E-state index contributed by atoms with van der Waals surface area (Å²) in [5.74, 6) is -0.399. The Morgan fingerprint density at radius 2 is 1.83 bits per heavy atom. The smallest absolute Gasteiger partial charge is 0.246 e. The number of aromatic nitrogens is 1. The summed E-state index contributed by atoms with van der Waals surface area (Å²) in [5, 5.41) is 8.37. The van der Waals surface area contributed by atoms with E-state index in [-0.39, 0.29) is 11.8 Å². The molecule has 2 aromatic rings. The molecular weight excluding hydrogens is 310 g/mol. The molecule has 0 fully saturated rings. The van der Waals surface area contributed by atoms with Crippen molar-refractivity contribution in [3.63, 3.8) is 0 Å². The van der Waals surface area contributed by atoms with Gasteiger partial charge in [-0.2, -0.15) is 0 Å². The van der Waals surface area contributed by atoms with Gasteiger partial charge in [-0.15, -0.1) is 11.3 Å². The van der Waals surface area contributed by atoms with E-state index in [0.717, 1.165) is 10.6 Å². The second-order valence-corrected chi connectivity index (χ2v) is 7.24. The van der Waals surface area contributed by atoms with Gasteiger partial charge in [0.2, 0.25) is 11.8 Å². The van der Waals surface area contributed by atoms with Crippen molar-refractivity contribution < 1.29 is 9.59 Å². The third-order valence-corrected chi connectivity index (χ3v) is 4.08. The number of thiazole rings is 1. The minimum absolute atomic E-state index is 0.153. The summed E-state index contributed by atoms with van der Waals surface area (Å²) < 4.78 is 0. The van der Waals surface area contributed by atoms with Crippen LogP contribution in [0, 0.1) is 5.41 Å². The van der Waals surface area contributed by atoms with Crippen molar-refractivity contribution in [3.05, 3.63) is 35.8 Å². The molecule has 0 aliphatic heterocycles. The number of benzene rings is 1. The van der Waals surface area contributed by atoms with Crippen molar-refractivity contribution in [2.45, 2.75) is 33.7 Å². The first-order valence-corrected chi connectivity index (χ1v) is 8.27. The highest BCUT2D eigenvalue weighted by Gasteiger charge is 2.25. The second kappa shape index (κ2) is 6.91. The lowest BCUT2D eigenvalue weighted by atomic mass is 9.95. The number of amides is 2. The predicted octanol–water partition coefficient (Wildman–Crippen LogP) is 3.30. The van der Waals surface area contributed by atoms with Crippen molar-refractivity contribution >= 4 is 28.8 Å². The molecule has 1 aromatic heterocycles. The zero-order valence-electron chi connectivity index (χ0n) is 13.7. The highest BCUT2D eigenvalue weighted by Crippen LogP contribution is 2.23. The van der Waals surface area contributed by atoms with Crippen LogP contribution in [0.5, 0.6) is 0 Å². The van der Waals surface area contributed by atoms with E-state index in [2.05, 4.69) is 15.6 Å². The van der Waals surface area contributed by atoms with Crippen LogP contribution in [0.15, 0.2) is 35.8 Å². The van der Waals surface area contributed by atoms with Crippen molar-refractivity contribution in [1.29, 1.82) is 0 Å². The molecule has 0 bridgehead atoms. The lowest BCUT2D eigenvalue weighted by Gasteiger charge is -2.21. The van der Waals surface area contributed by atoms with Crippen molar-refractivity contribution in [2.75, 3.05) is 5.32 Å². The summed E-state index contributed by atoms with van der Waals surface area (Å²) in [7, 11) is 0. The van der Waals surface area contributed by atoms with Crippen molar-refractivity contribution in [3.8, 4) is 10.6 Å². The van der Waals surface area contributed by atoms with E-state index in [4.69, 9.17) is 0 Å². The van der Waals surface area contributed by atoms with Gasteiger partial charge in [0, 0.05) is 28.2 Å². The molecule has 1 unspecified atom stereocenters. The minimum Gasteiger partial charge on any atom is -0.344 e. The quantitative estimate of drug-likeness (QED) is 0.903. The summed E-state index contributed by atoms with van der Waals surface area (Å²) in [5.41, 5.74) is 1.17. The number of carbonyl (C=O) groups excluding carboxylic acids is 2. The van der Waals surface area contributed by atoms with Crippen LogP contribution in [0.3, 0.4) is 0 Å². The molecule has 1 atom stereocenters. The first kappa shape index (κ1) is 17.1. The topological polar surface area (TPSA) is 71.1 Å². The normalized spacial score (nSPS) is 12.5. The number of nitrogens with one attached hydrogen (secondary N) is 2. The fourth-order valence-electron chi connectivity index (χ4n) is 1.79. The number of hydrogen-bond donors (Lipinski definition) is 2. The van der Waals surface area contributed by atoms with Gasteiger partial charge in [0.1, 0.15) is 11.0 Å². The molecule has 23 heavy (non-hydrogen) atoms. The van der Waals surface area contributed by atoms with Gasteiger partial charge in [0.05, 0.1) is 0 Å². The summed E-state index contributed by atoms with van der Waals surface area (Å²) in [6, 6.07) is 6.87. The first-order valence-electron chi connectivity index (χ1n) is 7.39. The van der Waals surface area contributed by atoms with Crippen LogP contribution in [0.1, 0.15) is 27.7 Å². The molecule has 0 spiro atoms. The maximum atomic E-state index is 12.2. The molecule has 1 aromatic carbocycles. The molecule has 0 aliphatic carbocycles. The van der Waals surface area contributed by atoms with Gasteiger partial charge in [-0.1, -0.05) is 20.8 Å². The number of carbonyl (C=O) groups is 2. The molecule has 2 amide bonds. The van der Waals surface area contributed by atoms with Gasteiger partial charge in [-0.3, -0.25) is 9.59 Å². The van der Waals surface area contributed by atoms with E-state index in [1.807, 2.05) is 50.4 Å². The average Bonchev–Trinajstić information content (AvgIpc) is 3.01. The maximum Gasteiger partial charge on any atom is 0.246 e. The van der Waals surface area contributed by atoms with Gasteiger partial charge in [0.25, 0.3) is 0 Å². The Balaban J connectivity index is 1.96. The Bertz CT molecular complexity index is 673. The van der Waals surface area contributed by atoms with Gasteiger partial charge in [-0.25, -0.2) is 4.98 Å². The fraction of sp³-hybridized carbons (Fsp3) is 0.353. The van der Waals surface area contributed by atoms with E-state index >= 15 is 0 Å². The zero-order valence-corrected chi connectivity index (χ0v) is 14.5. The van der Waals surface area contributed by atoms with Crippen molar-refractivity contribution in [1.82, 2.24) is 10.3 Å². The number of rotatable bonds is 4. The van der Waals surface area contributed by atoms with E-state index in [0.29, 0.717) is 5.69 Å². The number of hydrogen-bond acceptors (Lipinski definition) is 4. The van der Waals surface area contributed by atoms with E-state index < -0.39 is 11.5 Å². The third-order valence-electron chi connectivity index (χ3n) is 3.25. The monoisotopic (exact) mass is 331 g/mol. The Morgan fingerprint density at radius 1 is 1.17 bits per heavy atom. The van der Waals surface area contributed by atoms with Gasteiger partial charge < -0.3 is 10.6 Å². The van der Waals surface area contributed by atoms with E-state index in [9.17, 15) is 9.59 Å². The molecule has 122 valence electrons. The molecule has 0 saturated carbocycles. The average molecular weight is 331 g/mol. The molecule has 5 nitrogen and oxygen atoms in total. The molecule has 6 heteroatoms. The molecule has 2 rings (SSSR count). The molecule has 0 saturated heterocycles. The SMILES string of the molecule is CC(NC(=O)C(C)(C)C)C(=O)Nc1ccc(-c2nccs2)cc1. The van der Waals surface area contributed by atoms with E-state index in [1.54, 1.807) is 24.5 Å². The molecular formula is C17H21N3O2S. The van der Waals surface area contributed by atoms with Crippen LogP contribution in [-0.4, -0.2) is 22.8 Å². The number of nitrogens with zero attached hydrogens (tertiary/aromatic N) is 1. The van der Waals surface area contributed by atoms with Crippen LogP contribution in [0.25, 0.3) is 10.6 Å². The highest BCUT2D eigenvalue weighted by atomic mass is 32.1. The maximum absolute atomic E-state index is 12.2. The summed E-state index contributed by atoms with van der Waals surface area (Å²) in [6.45, 7) is 7.10. The number of anilines is 1. The van der Waals surface area contributed by atoms with Gasteiger partial charge in [-0.05, 0) is 31.2 Å². The summed E-state index contributed by atoms with van der Waals surface area (Å²) in [4.78, 5) is 28.3. The van der Waals surface area contributed by atoms with Crippen molar-refractivity contribution in [2.24, 2.45) is 5.41 Å². The summed E-state index contributed by atoms with van der Waals surface area (Å²) in [6.07, 6.45) is 1.76. The van der Waals surface area contributed by atoms with Crippen LogP contribution >= 0.6 is 11.3 Å². The largest absolute Gasteiger partial charge is 0.344 e. The highest BCUT2D eigenvalue weighted by molar-refractivity contribution is 7.13. The second-order valence-electron chi connectivity index (χ2n) is 6.35. The van der Waals surface area contributed by atoms with Crippen LogP contribution in [0.2, 0.25) is 0 Å². The Kier molecular flexibility index (Phi) is 5.15. The van der Waals surface area contributed by atoms with E-state index in [1.165, 1.54) is 0 Å². The van der Waals surface area contributed by atoms with Gasteiger partial charge >= 0.3 is 0 Å². The van der Waals surface area contributed by atoms with Crippen LogP contribution in [-0.2, 0) is 9.59 Å². The first-order chi connectivity index (χ1) is 10.8. The predicted molar refractivity (Wildman–Crippen MR) is 93.2 cm³/mol. The lowest BCUT2D eigenvalue weighted by Crippen LogP contribution is -2.46. The van der Waals surface area contributed by atoms with Gasteiger partial charge in [0.15, 0.2) is 0 Å². The Labute approximate surface area is 140 Å². The standard InChI is InChI=1S/C17H21N3O2S/c1-11(19-16(22)17(2,3)4)14(21)20-13-7-5-12(6-8-13)15-18-9-10-23-15/h5-11H,1-4H3,(H,19,22)(H,20,21). The summed E-state index contributed by atoms with van der Waals surface area (Å²) >= 11 is 1.56. The molecule has 2 N–H and O–H groups in total.